The van der Waals surface area contributed by atoms with Crippen LogP contribution in [-0.4, -0.2) is 41.6 Å². The van der Waals surface area contributed by atoms with Gasteiger partial charge in [-0.05, 0) is 31.6 Å². The van der Waals surface area contributed by atoms with Crippen molar-refractivity contribution in [3.05, 3.63) is 12.4 Å². The summed E-state index contributed by atoms with van der Waals surface area (Å²) in [7, 11) is 0. The molecule has 1 aliphatic carbocycles. The minimum Gasteiger partial charge on any atom is -0.369 e. The van der Waals surface area contributed by atoms with E-state index in [9.17, 15) is 4.79 Å². The molecule has 1 unspecified atom stereocenters. The van der Waals surface area contributed by atoms with Crippen LogP contribution in [-0.2, 0) is 4.79 Å². The summed E-state index contributed by atoms with van der Waals surface area (Å²) in [6.07, 6.45) is 9.33. The third-order valence-electron chi connectivity index (χ3n) is 5.01. The van der Waals surface area contributed by atoms with Gasteiger partial charge in [-0.2, -0.15) is 0 Å². The molecule has 1 aromatic rings. The van der Waals surface area contributed by atoms with Crippen LogP contribution < -0.4 is 15.5 Å². The van der Waals surface area contributed by atoms with E-state index in [-0.39, 0.29) is 5.91 Å². The highest BCUT2D eigenvalue weighted by Gasteiger charge is 2.18. The lowest BCUT2D eigenvalue weighted by Crippen LogP contribution is -2.35. The molecule has 2 heterocycles. The van der Waals surface area contributed by atoms with Crippen LogP contribution in [0.25, 0.3) is 0 Å². The molecule has 0 bridgehead atoms. The summed E-state index contributed by atoms with van der Waals surface area (Å²) in [5, 5.41) is 6.37. The van der Waals surface area contributed by atoms with Gasteiger partial charge in [-0.1, -0.05) is 19.8 Å². The van der Waals surface area contributed by atoms with Crippen molar-refractivity contribution in [3.63, 3.8) is 0 Å². The zero-order valence-electron chi connectivity index (χ0n) is 14.6. The van der Waals surface area contributed by atoms with Crippen LogP contribution in [0.5, 0.6) is 0 Å². The van der Waals surface area contributed by atoms with Crippen LogP contribution >= 0.6 is 0 Å². The Morgan fingerprint density at radius 3 is 2.88 bits per heavy atom. The summed E-state index contributed by atoms with van der Waals surface area (Å²) < 4.78 is 0. The minimum atomic E-state index is 0.133. The van der Waals surface area contributed by atoms with Crippen LogP contribution in [0.2, 0.25) is 0 Å². The summed E-state index contributed by atoms with van der Waals surface area (Å²) in [6, 6.07) is 2.39. The van der Waals surface area contributed by atoms with Gasteiger partial charge in [0.15, 0.2) is 0 Å². The second-order valence-corrected chi connectivity index (χ2v) is 7.18. The first-order chi connectivity index (χ1) is 11.7. The summed E-state index contributed by atoms with van der Waals surface area (Å²) in [6.45, 7) is 5.01. The highest BCUT2D eigenvalue weighted by Crippen LogP contribution is 2.22. The van der Waals surface area contributed by atoms with Crippen molar-refractivity contribution >= 4 is 17.5 Å². The molecule has 1 saturated carbocycles. The predicted octanol–water partition coefficient (Wildman–Crippen LogP) is 2.57. The second-order valence-electron chi connectivity index (χ2n) is 7.18. The molecular formula is C18H29N5O. The minimum absolute atomic E-state index is 0.133. The quantitative estimate of drug-likeness (QED) is 0.838. The monoisotopic (exact) mass is 331 g/mol. The number of hydrogen-bond donors (Lipinski definition) is 2. The summed E-state index contributed by atoms with van der Waals surface area (Å²) in [4.78, 5) is 23.0. The lowest BCUT2D eigenvalue weighted by atomic mass is 10.0. The third-order valence-corrected chi connectivity index (χ3v) is 5.01. The van der Waals surface area contributed by atoms with Crippen LogP contribution in [0.15, 0.2) is 12.4 Å². The maximum atomic E-state index is 11.9. The molecule has 0 radical (unpaired) electrons. The van der Waals surface area contributed by atoms with Gasteiger partial charge in [-0.3, -0.25) is 4.79 Å². The topological polar surface area (TPSA) is 70.2 Å². The molecule has 2 fully saturated rings. The first-order valence-corrected chi connectivity index (χ1v) is 9.31. The third kappa shape index (κ3) is 4.82. The summed E-state index contributed by atoms with van der Waals surface area (Å²) >= 11 is 0. The van der Waals surface area contributed by atoms with E-state index < -0.39 is 0 Å². The van der Waals surface area contributed by atoms with Crippen molar-refractivity contribution in [2.75, 3.05) is 29.9 Å². The van der Waals surface area contributed by atoms with Crippen molar-refractivity contribution in [2.45, 2.75) is 57.9 Å². The molecule has 1 saturated heterocycles. The number of rotatable bonds is 6. The van der Waals surface area contributed by atoms with Crippen molar-refractivity contribution in [2.24, 2.45) is 5.92 Å². The van der Waals surface area contributed by atoms with Gasteiger partial charge >= 0.3 is 0 Å². The molecule has 24 heavy (non-hydrogen) atoms. The fourth-order valence-electron chi connectivity index (χ4n) is 3.69. The number of anilines is 2. The zero-order valence-corrected chi connectivity index (χ0v) is 14.6. The Bertz CT molecular complexity index is 544. The highest BCUT2D eigenvalue weighted by molar-refractivity contribution is 5.76. The van der Waals surface area contributed by atoms with Crippen molar-refractivity contribution in [1.82, 2.24) is 15.3 Å². The molecule has 0 aromatic carbocycles. The number of amides is 1. The number of nitrogens with one attached hydrogen (secondary N) is 2. The molecule has 132 valence electrons. The van der Waals surface area contributed by atoms with Crippen molar-refractivity contribution < 1.29 is 4.79 Å². The number of carbonyl (C=O) groups is 1. The van der Waals surface area contributed by atoms with E-state index in [0.717, 1.165) is 37.6 Å². The number of nitrogens with zero attached hydrogens (tertiary/aromatic N) is 3. The summed E-state index contributed by atoms with van der Waals surface area (Å²) in [5.74, 6) is 2.62. The Balaban J connectivity index is 1.45. The fourth-order valence-corrected chi connectivity index (χ4v) is 3.69. The molecule has 0 spiro atoms. The molecule has 1 amide bonds. The number of hydrogen-bond acceptors (Lipinski definition) is 5. The maximum absolute atomic E-state index is 11.9. The van der Waals surface area contributed by atoms with E-state index in [2.05, 4.69) is 32.4 Å². The Morgan fingerprint density at radius 2 is 2.08 bits per heavy atom. The molecule has 6 nitrogen and oxygen atoms in total. The van der Waals surface area contributed by atoms with E-state index in [1.54, 1.807) is 6.33 Å². The van der Waals surface area contributed by atoms with E-state index in [4.69, 9.17) is 0 Å². The lowest BCUT2D eigenvalue weighted by molar-refractivity contribution is -0.121. The van der Waals surface area contributed by atoms with Crippen LogP contribution in [0, 0.1) is 5.92 Å². The predicted molar refractivity (Wildman–Crippen MR) is 96.1 cm³/mol. The van der Waals surface area contributed by atoms with E-state index in [0.29, 0.717) is 24.9 Å². The van der Waals surface area contributed by atoms with E-state index in [1.807, 2.05) is 6.07 Å². The van der Waals surface area contributed by atoms with Crippen LogP contribution in [0.1, 0.15) is 51.9 Å². The average Bonchev–Trinajstić information content (AvgIpc) is 3.08. The Morgan fingerprint density at radius 1 is 1.25 bits per heavy atom. The van der Waals surface area contributed by atoms with Gasteiger partial charge in [-0.25, -0.2) is 9.97 Å². The van der Waals surface area contributed by atoms with E-state index >= 15 is 0 Å². The number of piperidine rings is 1. The lowest BCUT2D eigenvalue weighted by Gasteiger charge is -2.31. The summed E-state index contributed by atoms with van der Waals surface area (Å²) in [5.41, 5.74) is 0. The molecule has 1 aliphatic heterocycles. The molecule has 6 heteroatoms. The van der Waals surface area contributed by atoms with Crippen LogP contribution in [0.4, 0.5) is 11.6 Å². The van der Waals surface area contributed by atoms with Gasteiger partial charge in [-0.15, -0.1) is 0 Å². The number of carbonyl (C=O) groups excluding carboxylic acids is 1. The normalized spacial score (nSPS) is 21.7. The van der Waals surface area contributed by atoms with Gasteiger partial charge < -0.3 is 15.5 Å². The van der Waals surface area contributed by atoms with Gasteiger partial charge in [0, 0.05) is 38.2 Å². The highest BCUT2D eigenvalue weighted by atomic mass is 16.1. The zero-order chi connectivity index (χ0) is 16.8. The number of aromatic nitrogens is 2. The van der Waals surface area contributed by atoms with Crippen molar-refractivity contribution in [3.8, 4) is 0 Å². The van der Waals surface area contributed by atoms with Gasteiger partial charge in [0.2, 0.25) is 5.91 Å². The van der Waals surface area contributed by atoms with Gasteiger partial charge in [0.1, 0.15) is 18.0 Å². The first kappa shape index (κ1) is 17.0. The van der Waals surface area contributed by atoms with Gasteiger partial charge in [0.05, 0.1) is 0 Å². The van der Waals surface area contributed by atoms with Gasteiger partial charge in [0.25, 0.3) is 0 Å². The molecular weight excluding hydrogens is 302 g/mol. The second kappa shape index (κ2) is 8.31. The molecule has 1 aromatic heterocycles. The molecule has 2 aliphatic rings. The van der Waals surface area contributed by atoms with E-state index in [1.165, 1.54) is 25.7 Å². The Kier molecular flexibility index (Phi) is 5.88. The molecule has 3 rings (SSSR count). The first-order valence-electron chi connectivity index (χ1n) is 9.31. The standard InChI is InChI=1S/C18H29N5O/c1-14-5-4-10-23(12-14)17-11-16(20-13-21-17)19-9-8-18(24)22-15-6-2-3-7-15/h11,13-15H,2-10,12H2,1H3,(H,22,24)(H,19,20,21). The fraction of sp³-hybridized carbons (Fsp3) is 0.722. The maximum Gasteiger partial charge on any atom is 0.221 e. The van der Waals surface area contributed by atoms with Crippen molar-refractivity contribution in [1.29, 1.82) is 0 Å². The van der Waals surface area contributed by atoms with Crippen LogP contribution in [0.3, 0.4) is 0 Å². The molecule has 1 atom stereocenters. The Labute approximate surface area is 144 Å². The largest absolute Gasteiger partial charge is 0.369 e. The Hall–Kier alpha value is -1.85. The smallest absolute Gasteiger partial charge is 0.221 e. The average molecular weight is 331 g/mol. The SMILES string of the molecule is CC1CCCN(c2cc(NCCC(=O)NC3CCCC3)ncn2)C1. The molecule has 2 N–H and O–H groups in total.